The Morgan fingerprint density at radius 3 is 2.79 bits per heavy atom. The maximum absolute atomic E-state index is 12.4. The molecule has 0 aliphatic carbocycles. The number of benzene rings is 2. The Labute approximate surface area is 162 Å². The molecule has 4 rings (SSSR count). The number of ether oxygens (including phenoxy) is 3. The molecule has 28 heavy (non-hydrogen) atoms. The third-order valence-corrected chi connectivity index (χ3v) is 4.29. The van der Waals surface area contributed by atoms with E-state index in [0.717, 1.165) is 17.1 Å². The number of pyridine rings is 1. The molecular weight excluding hydrogens is 358 g/mol. The van der Waals surface area contributed by atoms with Crippen molar-refractivity contribution in [3.8, 4) is 17.2 Å². The highest BCUT2D eigenvalue weighted by Crippen LogP contribution is 2.32. The Balaban J connectivity index is 1.37. The van der Waals surface area contributed by atoms with E-state index >= 15 is 0 Å². The minimum Gasteiger partial charge on any atom is -0.495 e. The summed E-state index contributed by atoms with van der Waals surface area (Å²) in [4.78, 5) is 16.7. The molecule has 0 saturated carbocycles. The Morgan fingerprint density at radius 1 is 1.11 bits per heavy atom. The first kappa shape index (κ1) is 17.7. The minimum atomic E-state index is -0.251. The summed E-state index contributed by atoms with van der Waals surface area (Å²) in [7, 11) is 1.56. The first-order chi connectivity index (χ1) is 13.7. The number of nitrogens with zero attached hydrogens (tertiary/aromatic N) is 1. The van der Waals surface area contributed by atoms with Crippen LogP contribution in [0, 0.1) is 0 Å². The molecule has 1 aliphatic rings. The maximum atomic E-state index is 12.4. The van der Waals surface area contributed by atoms with E-state index < -0.39 is 0 Å². The molecule has 1 amide bonds. The second-order valence-corrected chi connectivity index (χ2v) is 6.13. The molecule has 0 fully saturated rings. The molecule has 3 aromatic rings. The van der Waals surface area contributed by atoms with Gasteiger partial charge in [-0.15, -0.1) is 0 Å². The summed E-state index contributed by atoms with van der Waals surface area (Å²) in [5.74, 6) is 2.53. The minimum absolute atomic E-state index is 0.251. The van der Waals surface area contributed by atoms with E-state index in [4.69, 9.17) is 14.2 Å². The van der Waals surface area contributed by atoms with Crippen molar-refractivity contribution in [2.45, 2.75) is 6.54 Å². The van der Waals surface area contributed by atoms with Crippen LogP contribution >= 0.6 is 0 Å². The van der Waals surface area contributed by atoms with Crippen molar-refractivity contribution >= 4 is 17.4 Å². The van der Waals surface area contributed by atoms with Gasteiger partial charge in [0.15, 0.2) is 11.5 Å². The number of carbonyl (C=O) groups excluding carboxylic acids is 1. The molecule has 142 valence electrons. The van der Waals surface area contributed by atoms with Crippen molar-refractivity contribution in [2.24, 2.45) is 0 Å². The van der Waals surface area contributed by atoms with Crippen LogP contribution in [0.2, 0.25) is 0 Å². The Kier molecular flexibility index (Phi) is 4.97. The summed E-state index contributed by atoms with van der Waals surface area (Å²) in [5, 5.41) is 6.06. The van der Waals surface area contributed by atoms with Crippen molar-refractivity contribution in [2.75, 3.05) is 24.5 Å². The molecule has 7 nitrogen and oxygen atoms in total. The predicted molar refractivity (Wildman–Crippen MR) is 105 cm³/mol. The molecule has 2 aromatic carbocycles. The van der Waals surface area contributed by atoms with Crippen molar-refractivity contribution in [1.29, 1.82) is 0 Å². The summed E-state index contributed by atoms with van der Waals surface area (Å²) in [6.07, 6.45) is 1.53. The molecule has 0 bridgehead atoms. The van der Waals surface area contributed by atoms with Gasteiger partial charge >= 0.3 is 0 Å². The van der Waals surface area contributed by atoms with Crippen LogP contribution in [0.1, 0.15) is 15.9 Å². The number of methoxy groups -OCH3 is 1. The first-order valence-corrected chi connectivity index (χ1v) is 8.76. The number of rotatable bonds is 6. The zero-order valence-electron chi connectivity index (χ0n) is 15.3. The highest BCUT2D eigenvalue weighted by atomic mass is 16.7. The monoisotopic (exact) mass is 377 g/mol. The quantitative estimate of drug-likeness (QED) is 0.682. The average molecular weight is 377 g/mol. The van der Waals surface area contributed by atoms with Crippen LogP contribution in [0.4, 0.5) is 11.5 Å². The van der Waals surface area contributed by atoms with Crippen molar-refractivity contribution in [3.05, 3.63) is 71.9 Å². The number of amides is 1. The summed E-state index contributed by atoms with van der Waals surface area (Å²) < 4.78 is 15.9. The highest BCUT2D eigenvalue weighted by Gasteiger charge is 2.13. The molecule has 0 atom stereocenters. The maximum Gasteiger partial charge on any atom is 0.257 e. The number of aromatic nitrogens is 1. The van der Waals surface area contributed by atoms with Gasteiger partial charge in [0.1, 0.15) is 11.6 Å². The normalized spacial score (nSPS) is 11.8. The van der Waals surface area contributed by atoms with Crippen LogP contribution in [0.3, 0.4) is 0 Å². The van der Waals surface area contributed by atoms with Gasteiger partial charge in [0, 0.05) is 12.7 Å². The van der Waals surface area contributed by atoms with E-state index in [9.17, 15) is 4.79 Å². The first-order valence-electron chi connectivity index (χ1n) is 8.76. The van der Waals surface area contributed by atoms with Crippen LogP contribution in [-0.4, -0.2) is 24.8 Å². The van der Waals surface area contributed by atoms with Gasteiger partial charge in [0.25, 0.3) is 5.91 Å². The van der Waals surface area contributed by atoms with Crippen LogP contribution in [0.25, 0.3) is 0 Å². The zero-order valence-corrected chi connectivity index (χ0v) is 15.3. The number of hydrogen-bond donors (Lipinski definition) is 2. The second-order valence-electron chi connectivity index (χ2n) is 6.13. The fraction of sp³-hybridized carbons (Fsp3) is 0.143. The second kappa shape index (κ2) is 7.87. The van der Waals surface area contributed by atoms with Gasteiger partial charge in [-0.05, 0) is 42.0 Å². The lowest BCUT2D eigenvalue weighted by Gasteiger charge is -2.10. The average Bonchev–Trinajstić information content (AvgIpc) is 3.21. The highest BCUT2D eigenvalue weighted by molar-refractivity contribution is 6.04. The van der Waals surface area contributed by atoms with Crippen LogP contribution in [-0.2, 0) is 6.54 Å². The number of anilines is 2. The molecular formula is C21H19N3O4. The molecule has 7 heteroatoms. The lowest BCUT2D eigenvalue weighted by Crippen LogP contribution is -2.13. The number of hydrogen-bond acceptors (Lipinski definition) is 6. The lowest BCUT2D eigenvalue weighted by atomic mass is 10.2. The van der Waals surface area contributed by atoms with Crippen molar-refractivity contribution in [1.82, 2.24) is 4.98 Å². The van der Waals surface area contributed by atoms with E-state index in [1.54, 1.807) is 31.4 Å². The van der Waals surface area contributed by atoms with Crippen LogP contribution < -0.4 is 24.8 Å². The van der Waals surface area contributed by atoms with Gasteiger partial charge in [0.05, 0.1) is 18.4 Å². The van der Waals surface area contributed by atoms with Gasteiger partial charge in [-0.2, -0.15) is 0 Å². The van der Waals surface area contributed by atoms with Gasteiger partial charge in [0.2, 0.25) is 6.79 Å². The number of para-hydroxylation sites is 2. The molecule has 2 N–H and O–H groups in total. The van der Waals surface area contributed by atoms with Crippen LogP contribution in [0.15, 0.2) is 60.8 Å². The molecule has 0 spiro atoms. The number of carbonyl (C=O) groups is 1. The summed E-state index contributed by atoms with van der Waals surface area (Å²) >= 11 is 0. The molecule has 1 aromatic heterocycles. The smallest absolute Gasteiger partial charge is 0.257 e. The fourth-order valence-corrected chi connectivity index (χ4v) is 2.82. The summed E-state index contributed by atoms with van der Waals surface area (Å²) in [6, 6.07) is 16.5. The number of nitrogens with one attached hydrogen (secondary N) is 2. The Morgan fingerprint density at radius 2 is 1.96 bits per heavy atom. The van der Waals surface area contributed by atoms with E-state index in [1.165, 1.54) is 6.20 Å². The van der Waals surface area contributed by atoms with Gasteiger partial charge in [-0.3, -0.25) is 4.79 Å². The molecule has 0 unspecified atom stereocenters. The standard InChI is InChI=1S/C21H19N3O4/c1-26-17-5-3-2-4-16(17)24-21(25)15-7-9-20(23-12-15)22-11-14-6-8-18-19(10-14)28-13-27-18/h2-10,12H,11,13H2,1H3,(H,22,23)(H,24,25). The SMILES string of the molecule is COc1ccccc1NC(=O)c1ccc(NCc2ccc3c(c2)OCO3)nc1. The van der Waals surface area contributed by atoms with Gasteiger partial charge in [-0.25, -0.2) is 4.98 Å². The van der Waals surface area contributed by atoms with E-state index in [0.29, 0.717) is 29.4 Å². The van der Waals surface area contributed by atoms with E-state index in [-0.39, 0.29) is 12.7 Å². The largest absolute Gasteiger partial charge is 0.495 e. The molecule has 0 saturated heterocycles. The van der Waals surface area contributed by atoms with Crippen LogP contribution in [0.5, 0.6) is 17.2 Å². The summed E-state index contributed by atoms with van der Waals surface area (Å²) in [5.41, 5.74) is 2.11. The predicted octanol–water partition coefficient (Wildman–Crippen LogP) is 3.68. The molecule has 0 radical (unpaired) electrons. The lowest BCUT2D eigenvalue weighted by molar-refractivity contribution is 0.102. The molecule has 2 heterocycles. The Bertz CT molecular complexity index is 989. The molecule has 1 aliphatic heterocycles. The summed E-state index contributed by atoms with van der Waals surface area (Å²) in [6.45, 7) is 0.836. The Hall–Kier alpha value is -3.74. The van der Waals surface area contributed by atoms with Crippen molar-refractivity contribution < 1.29 is 19.0 Å². The van der Waals surface area contributed by atoms with Gasteiger partial charge < -0.3 is 24.8 Å². The number of fused-ring (bicyclic) bond motifs is 1. The fourth-order valence-electron chi connectivity index (χ4n) is 2.82. The van der Waals surface area contributed by atoms with Gasteiger partial charge in [-0.1, -0.05) is 18.2 Å². The van der Waals surface area contributed by atoms with E-state index in [1.807, 2.05) is 30.3 Å². The van der Waals surface area contributed by atoms with Crippen molar-refractivity contribution in [3.63, 3.8) is 0 Å². The van der Waals surface area contributed by atoms with E-state index in [2.05, 4.69) is 15.6 Å². The third kappa shape index (κ3) is 3.83. The third-order valence-electron chi connectivity index (χ3n) is 4.29. The zero-order chi connectivity index (χ0) is 19.3. The topological polar surface area (TPSA) is 81.7 Å².